The standard InChI is InChI=1S/C40H48Cl2N4O5/c1-26-22-46(27(2)25-47)39(48)33-21-31(43-40(49)44-36-14-9-12-30-11-5-6-13-32(30)36)16-18-37(33)51-28(3)10-7-8-19-50-38(26)24-45(4)23-29-15-17-34(41)35(42)20-29/h5-6,9,11-18,20-21,26-28,38,47H,7-8,10,19,22-25H2,1-4H3,(H2,43,44,49)/t26-,27-,28-,38+/m0/s1. The number of hydrogen-bond acceptors (Lipinski definition) is 6. The van der Waals surface area contributed by atoms with Crippen LogP contribution in [-0.4, -0.2) is 78.4 Å². The summed E-state index contributed by atoms with van der Waals surface area (Å²) in [5, 5.41) is 19.1. The zero-order chi connectivity index (χ0) is 36.5. The van der Waals surface area contributed by atoms with Gasteiger partial charge in [-0.3, -0.25) is 9.69 Å². The molecule has 4 aromatic rings. The second-order valence-electron chi connectivity index (χ2n) is 13.6. The molecule has 5 rings (SSSR count). The van der Waals surface area contributed by atoms with E-state index >= 15 is 0 Å². The van der Waals surface area contributed by atoms with Gasteiger partial charge in [-0.2, -0.15) is 0 Å². The summed E-state index contributed by atoms with van der Waals surface area (Å²) >= 11 is 12.4. The maximum absolute atomic E-state index is 14.5. The maximum Gasteiger partial charge on any atom is 0.323 e. The first kappa shape index (κ1) is 38.4. The summed E-state index contributed by atoms with van der Waals surface area (Å²) in [5.41, 5.74) is 2.45. The van der Waals surface area contributed by atoms with E-state index in [4.69, 9.17) is 32.7 Å². The van der Waals surface area contributed by atoms with Gasteiger partial charge < -0.3 is 30.1 Å². The smallest absolute Gasteiger partial charge is 0.323 e. The van der Waals surface area contributed by atoms with E-state index in [1.54, 1.807) is 29.2 Å². The predicted octanol–water partition coefficient (Wildman–Crippen LogP) is 8.72. The third-order valence-electron chi connectivity index (χ3n) is 9.28. The minimum Gasteiger partial charge on any atom is -0.490 e. The summed E-state index contributed by atoms with van der Waals surface area (Å²) in [6.07, 6.45) is 2.18. The minimum atomic E-state index is -0.487. The zero-order valence-electron chi connectivity index (χ0n) is 29.7. The van der Waals surface area contributed by atoms with Crippen LogP contribution in [0.3, 0.4) is 0 Å². The molecule has 0 aromatic heterocycles. The van der Waals surface area contributed by atoms with Gasteiger partial charge in [0.25, 0.3) is 5.91 Å². The van der Waals surface area contributed by atoms with Gasteiger partial charge in [0, 0.05) is 43.2 Å². The average Bonchev–Trinajstić information content (AvgIpc) is 3.11. The molecule has 1 aliphatic rings. The van der Waals surface area contributed by atoms with E-state index in [2.05, 4.69) is 22.5 Å². The van der Waals surface area contributed by atoms with Crippen LogP contribution in [-0.2, 0) is 11.3 Å². The van der Waals surface area contributed by atoms with E-state index in [1.807, 2.05) is 75.5 Å². The number of ether oxygens (including phenoxy) is 2. The molecule has 0 saturated carbocycles. The summed E-state index contributed by atoms with van der Waals surface area (Å²) in [6.45, 7) is 7.84. The minimum absolute atomic E-state index is 0.0850. The Morgan fingerprint density at radius 2 is 1.78 bits per heavy atom. The Balaban J connectivity index is 1.38. The van der Waals surface area contributed by atoms with Crippen LogP contribution < -0.4 is 15.4 Å². The third-order valence-corrected chi connectivity index (χ3v) is 10.0. The summed E-state index contributed by atoms with van der Waals surface area (Å²) in [5.74, 6) is 0.0448. The summed E-state index contributed by atoms with van der Waals surface area (Å²) < 4.78 is 12.9. The van der Waals surface area contributed by atoms with Crippen LogP contribution in [0.1, 0.15) is 56.0 Å². The molecule has 0 radical (unpaired) electrons. The molecule has 0 aliphatic carbocycles. The SMILES string of the molecule is C[C@H]1CCCCO[C@H](CN(C)Cc2ccc(Cl)c(Cl)c2)[C@@H](C)CN([C@@H](C)CO)C(=O)c2cc(NC(=O)Nc3cccc4ccccc34)ccc2O1. The topological polar surface area (TPSA) is 103 Å². The number of halogens is 2. The van der Waals surface area contributed by atoms with Crippen molar-refractivity contribution in [3.8, 4) is 5.75 Å². The van der Waals surface area contributed by atoms with Crippen molar-refractivity contribution in [3.05, 3.63) is 100 Å². The highest BCUT2D eigenvalue weighted by Crippen LogP contribution is 2.30. The number of likely N-dealkylation sites (N-methyl/N-ethyl adjacent to an activating group) is 1. The first-order valence-electron chi connectivity index (χ1n) is 17.5. The van der Waals surface area contributed by atoms with Crippen molar-refractivity contribution in [3.63, 3.8) is 0 Å². The van der Waals surface area contributed by atoms with Gasteiger partial charge in [-0.05, 0) is 87.5 Å². The molecule has 0 fully saturated rings. The van der Waals surface area contributed by atoms with E-state index in [-0.39, 0.29) is 30.6 Å². The summed E-state index contributed by atoms with van der Waals surface area (Å²) in [6, 6.07) is 23.4. The number of nitrogens with one attached hydrogen (secondary N) is 2. The van der Waals surface area contributed by atoms with Crippen molar-refractivity contribution in [2.75, 3.05) is 44.0 Å². The van der Waals surface area contributed by atoms with Crippen LogP contribution >= 0.6 is 23.2 Å². The van der Waals surface area contributed by atoms with Crippen LogP contribution in [0.4, 0.5) is 16.2 Å². The number of carbonyl (C=O) groups excluding carboxylic acids is 2. The van der Waals surface area contributed by atoms with E-state index in [9.17, 15) is 14.7 Å². The lowest BCUT2D eigenvalue weighted by Gasteiger charge is -2.36. The fraction of sp³-hybridized carbons (Fsp3) is 0.400. The fourth-order valence-electron chi connectivity index (χ4n) is 6.40. The van der Waals surface area contributed by atoms with Crippen molar-refractivity contribution in [2.45, 2.75) is 64.8 Å². The number of nitrogens with zero attached hydrogens (tertiary/aromatic N) is 2. The normalized spacial score (nSPS) is 19.6. The number of carbonyl (C=O) groups is 2. The van der Waals surface area contributed by atoms with Gasteiger partial charge in [0.05, 0.1) is 46.2 Å². The quantitative estimate of drug-likeness (QED) is 0.167. The van der Waals surface area contributed by atoms with Crippen molar-refractivity contribution in [1.29, 1.82) is 0 Å². The number of anilines is 2. The van der Waals surface area contributed by atoms with Crippen LogP contribution in [0.15, 0.2) is 78.9 Å². The maximum atomic E-state index is 14.5. The fourth-order valence-corrected chi connectivity index (χ4v) is 6.72. The molecule has 4 aromatic carbocycles. The molecule has 0 spiro atoms. The van der Waals surface area contributed by atoms with E-state index in [1.165, 1.54) is 0 Å². The second kappa shape index (κ2) is 18.1. The number of aliphatic hydroxyl groups excluding tert-OH is 1. The highest BCUT2D eigenvalue weighted by Gasteiger charge is 2.30. The Labute approximate surface area is 310 Å². The van der Waals surface area contributed by atoms with Gasteiger partial charge in [-0.1, -0.05) is 72.6 Å². The molecular formula is C40H48Cl2N4O5. The predicted molar refractivity (Wildman–Crippen MR) is 206 cm³/mol. The van der Waals surface area contributed by atoms with Crippen molar-refractivity contribution < 1.29 is 24.2 Å². The number of hydrogen-bond donors (Lipinski definition) is 3. The monoisotopic (exact) mass is 734 g/mol. The van der Waals surface area contributed by atoms with Gasteiger partial charge >= 0.3 is 6.03 Å². The van der Waals surface area contributed by atoms with E-state index in [0.717, 1.165) is 35.6 Å². The lowest BCUT2D eigenvalue weighted by Crippen LogP contribution is -2.47. The first-order chi connectivity index (χ1) is 24.5. The highest BCUT2D eigenvalue weighted by atomic mass is 35.5. The lowest BCUT2D eigenvalue weighted by atomic mass is 10.0. The van der Waals surface area contributed by atoms with E-state index < -0.39 is 12.1 Å². The second-order valence-corrected chi connectivity index (χ2v) is 14.4. The number of benzene rings is 4. The number of amides is 3. The molecule has 272 valence electrons. The number of fused-ring (bicyclic) bond motifs is 2. The largest absolute Gasteiger partial charge is 0.490 e. The number of urea groups is 1. The molecule has 9 nitrogen and oxygen atoms in total. The lowest BCUT2D eigenvalue weighted by molar-refractivity contribution is -0.0177. The van der Waals surface area contributed by atoms with E-state index in [0.29, 0.717) is 59.0 Å². The Bertz CT molecular complexity index is 1800. The molecular weight excluding hydrogens is 687 g/mol. The first-order valence-corrected chi connectivity index (χ1v) is 18.3. The molecule has 11 heteroatoms. The van der Waals surface area contributed by atoms with Crippen molar-refractivity contribution >= 4 is 57.3 Å². The van der Waals surface area contributed by atoms with Gasteiger partial charge in [0.15, 0.2) is 0 Å². The summed E-state index contributed by atoms with van der Waals surface area (Å²) in [7, 11) is 2.03. The Morgan fingerprint density at radius 1 is 1.00 bits per heavy atom. The van der Waals surface area contributed by atoms with Crippen molar-refractivity contribution in [2.24, 2.45) is 5.92 Å². The zero-order valence-corrected chi connectivity index (χ0v) is 31.2. The molecule has 0 saturated heterocycles. The number of rotatable bonds is 8. The van der Waals surface area contributed by atoms with Crippen LogP contribution in [0, 0.1) is 5.92 Å². The molecule has 3 amide bonds. The molecule has 4 atom stereocenters. The van der Waals surface area contributed by atoms with Crippen LogP contribution in [0.25, 0.3) is 10.8 Å². The Hall–Kier alpha value is -3.86. The summed E-state index contributed by atoms with van der Waals surface area (Å²) in [4.78, 5) is 31.6. The van der Waals surface area contributed by atoms with Crippen molar-refractivity contribution in [1.82, 2.24) is 9.80 Å². The average molecular weight is 736 g/mol. The Morgan fingerprint density at radius 3 is 2.57 bits per heavy atom. The highest BCUT2D eigenvalue weighted by molar-refractivity contribution is 6.42. The number of aliphatic hydroxyl groups is 1. The van der Waals surface area contributed by atoms with Crippen LogP contribution in [0.2, 0.25) is 10.0 Å². The molecule has 51 heavy (non-hydrogen) atoms. The molecule has 1 heterocycles. The molecule has 0 bridgehead atoms. The van der Waals surface area contributed by atoms with Gasteiger partial charge in [-0.15, -0.1) is 0 Å². The van der Waals surface area contributed by atoms with Gasteiger partial charge in [0.2, 0.25) is 0 Å². The Kier molecular flexibility index (Phi) is 13.6. The molecule has 3 N–H and O–H groups in total. The molecule has 1 aliphatic heterocycles. The third kappa shape index (κ3) is 10.4. The molecule has 0 unspecified atom stereocenters. The van der Waals surface area contributed by atoms with Gasteiger partial charge in [-0.25, -0.2) is 4.79 Å². The van der Waals surface area contributed by atoms with Gasteiger partial charge in [0.1, 0.15) is 5.75 Å². The van der Waals surface area contributed by atoms with Crippen LogP contribution in [0.5, 0.6) is 5.75 Å².